The van der Waals surface area contributed by atoms with Gasteiger partial charge < -0.3 is 5.11 Å². The van der Waals surface area contributed by atoms with Crippen molar-refractivity contribution in [1.29, 1.82) is 0 Å². The van der Waals surface area contributed by atoms with Crippen molar-refractivity contribution >= 4 is 16.7 Å². The van der Waals surface area contributed by atoms with E-state index < -0.39 is 16.7 Å². The van der Waals surface area contributed by atoms with Gasteiger partial charge in [-0.15, -0.1) is 15.9 Å². The summed E-state index contributed by atoms with van der Waals surface area (Å²) in [5.41, 5.74) is 4.26. The highest BCUT2D eigenvalue weighted by Gasteiger charge is 2.46. The zero-order valence-corrected chi connectivity index (χ0v) is 22.0. The van der Waals surface area contributed by atoms with Crippen LogP contribution in [0.1, 0.15) is 58.1 Å². The molecule has 198 valence electrons. The summed E-state index contributed by atoms with van der Waals surface area (Å²) in [5.74, 6) is -0.707. The van der Waals surface area contributed by atoms with E-state index >= 15 is 0 Å². The van der Waals surface area contributed by atoms with Gasteiger partial charge in [-0.2, -0.15) is 9.40 Å². The number of aromatic carboxylic acids is 1. The van der Waals surface area contributed by atoms with Crippen LogP contribution in [0, 0.1) is 5.92 Å². The van der Waals surface area contributed by atoms with Gasteiger partial charge in [0.2, 0.25) is 0 Å². The van der Waals surface area contributed by atoms with Gasteiger partial charge in [0.25, 0.3) is 0 Å². The van der Waals surface area contributed by atoms with Crippen LogP contribution in [0.5, 0.6) is 0 Å². The smallest absolute Gasteiger partial charge is 0.339 e. The summed E-state index contributed by atoms with van der Waals surface area (Å²) in [4.78, 5) is 12.7. The largest absolute Gasteiger partial charge is 0.478 e. The number of hydrogen-bond acceptors (Lipinski definition) is 7. The van der Waals surface area contributed by atoms with Gasteiger partial charge in [0.15, 0.2) is 0 Å². The summed E-state index contributed by atoms with van der Waals surface area (Å²) in [7, 11) is -1.35. The molecule has 1 fully saturated rings. The van der Waals surface area contributed by atoms with Gasteiger partial charge in [-0.25, -0.2) is 9.48 Å². The summed E-state index contributed by atoms with van der Waals surface area (Å²) >= 11 is 0. The van der Waals surface area contributed by atoms with Crippen LogP contribution in [0.4, 0.5) is 0 Å². The molecule has 3 atom stereocenters. The number of aryl methyl sites for hydroxylation is 1. The molecule has 3 unspecified atom stereocenters. The third-order valence-corrected chi connectivity index (χ3v) is 9.39. The van der Waals surface area contributed by atoms with Gasteiger partial charge in [-0.05, 0) is 48.1 Å². The predicted molar refractivity (Wildman–Crippen MR) is 142 cm³/mol. The molecule has 3 N–H and O–H groups in total. The quantitative estimate of drug-likeness (QED) is 0.325. The lowest BCUT2D eigenvalue weighted by molar-refractivity contribution is 0.0695. The minimum absolute atomic E-state index is 0.0288. The Morgan fingerprint density at radius 1 is 1.13 bits per heavy atom. The van der Waals surface area contributed by atoms with Crippen LogP contribution in [0.3, 0.4) is 0 Å². The van der Waals surface area contributed by atoms with E-state index in [1.165, 1.54) is 6.20 Å². The van der Waals surface area contributed by atoms with Crippen LogP contribution in [0.15, 0.2) is 65.8 Å². The number of carboxylic acids is 1. The number of rotatable bonds is 6. The van der Waals surface area contributed by atoms with Gasteiger partial charge in [-0.3, -0.25) is 13.8 Å². The van der Waals surface area contributed by atoms with Gasteiger partial charge >= 0.3 is 5.97 Å². The highest BCUT2D eigenvalue weighted by molar-refractivity contribution is 8.22. The summed E-state index contributed by atoms with van der Waals surface area (Å²) in [5, 5.41) is 22.6. The minimum Gasteiger partial charge on any atom is -0.478 e. The van der Waals surface area contributed by atoms with E-state index in [9.17, 15) is 19.0 Å². The first-order chi connectivity index (χ1) is 18.2. The predicted octanol–water partition coefficient (Wildman–Crippen LogP) is 4.69. The van der Waals surface area contributed by atoms with Gasteiger partial charge in [0.1, 0.15) is 5.56 Å². The Balaban J connectivity index is 1.32. The van der Waals surface area contributed by atoms with E-state index in [-0.39, 0.29) is 23.3 Å². The summed E-state index contributed by atoms with van der Waals surface area (Å²) in [6.07, 6.45) is 4.83. The lowest BCUT2D eigenvalue weighted by Crippen LogP contribution is -2.30. The van der Waals surface area contributed by atoms with Crippen LogP contribution >= 0.6 is 10.8 Å². The highest BCUT2D eigenvalue weighted by atomic mass is 32.3. The second-order valence-electron chi connectivity index (χ2n) is 10.4. The lowest BCUT2D eigenvalue weighted by atomic mass is 10.0. The first-order valence-corrected chi connectivity index (χ1v) is 14.1. The molecule has 3 heterocycles. The molecule has 0 bridgehead atoms. The average Bonchev–Trinajstić information content (AvgIpc) is 3.35. The van der Waals surface area contributed by atoms with E-state index in [1.807, 2.05) is 55.7 Å². The zero-order chi connectivity index (χ0) is 26.6. The van der Waals surface area contributed by atoms with E-state index in [0.717, 1.165) is 35.3 Å². The zero-order valence-electron chi connectivity index (χ0n) is 21.2. The fourth-order valence-electron chi connectivity index (χ4n) is 5.56. The van der Waals surface area contributed by atoms with Crippen LogP contribution in [0.2, 0.25) is 0 Å². The van der Waals surface area contributed by atoms with Crippen molar-refractivity contribution in [3.05, 3.63) is 89.0 Å². The Kier molecular flexibility index (Phi) is 6.10. The van der Waals surface area contributed by atoms with Gasteiger partial charge in [0, 0.05) is 38.2 Å². The minimum atomic E-state index is -3.16. The number of carboxylic acid groups (broad SMARTS) is 1. The topological polar surface area (TPSA) is 130 Å². The first kappa shape index (κ1) is 24.8. The van der Waals surface area contributed by atoms with Crippen LogP contribution in [-0.4, -0.2) is 55.8 Å². The Morgan fingerprint density at radius 2 is 1.95 bits per heavy atom. The molecule has 0 amide bonds. The lowest BCUT2D eigenvalue weighted by Gasteiger charge is -2.43. The van der Waals surface area contributed by atoms with Gasteiger partial charge in [0.05, 0.1) is 28.2 Å². The van der Waals surface area contributed by atoms with Crippen molar-refractivity contribution < 1.29 is 19.0 Å². The maximum Gasteiger partial charge on any atom is 0.339 e. The van der Waals surface area contributed by atoms with E-state index in [0.29, 0.717) is 23.7 Å². The number of hydrogen-bond donors (Lipinski definition) is 3. The molecular weight excluding hydrogens is 504 g/mol. The van der Waals surface area contributed by atoms with Crippen molar-refractivity contribution in [3.8, 4) is 5.69 Å². The van der Waals surface area contributed by atoms with Crippen molar-refractivity contribution in [1.82, 2.24) is 29.1 Å². The number of fused-ring (bicyclic) bond motifs is 1. The molecule has 2 aromatic carbocycles. The van der Waals surface area contributed by atoms with E-state index in [1.54, 1.807) is 19.7 Å². The van der Waals surface area contributed by atoms with Crippen molar-refractivity contribution in [2.24, 2.45) is 13.0 Å². The second kappa shape index (κ2) is 9.35. The third-order valence-electron chi connectivity index (χ3n) is 7.40. The molecule has 6 rings (SSSR count). The molecule has 0 radical (unpaired) electrons. The molecule has 38 heavy (non-hydrogen) atoms. The second-order valence-corrected chi connectivity index (χ2v) is 12.3. The number of benzene rings is 2. The SMILES string of the molecule is CC1Cc2ccccc2S(O)(O)N(Cc2cccc(-n3ncc(C(=O)O)c3C3CC3c3cn(C)nn3)c2)C1. The molecule has 11 heteroatoms. The molecule has 0 spiro atoms. The van der Waals surface area contributed by atoms with Crippen molar-refractivity contribution in [2.45, 2.75) is 43.0 Å². The molecule has 4 aromatic rings. The summed E-state index contributed by atoms with van der Waals surface area (Å²) in [6, 6.07) is 15.2. The number of carbonyl (C=O) groups is 1. The molecule has 1 aliphatic carbocycles. The maximum absolute atomic E-state index is 12.1. The first-order valence-electron chi connectivity index (χ1n) is 12.6. The molecular formula is C27H30N6O4S. The average molecular weight is 535 g/mol. The van der Waals surface area contributed by atoms with E-state index in [2.05, 4.69) is 22.3 Å². The molecule has 2 aromatic heterocycles. The molecule has 1 saturated carbocycles. The van der Waals surface area contributed by atoms with Crippen LogP contribution in [0.25, 0.3) is 5.69 Å². The van der Waals surface area contributed by atoms with Crippen molar-refractivity contribution in [3.63, 3.8) is 0 Å². The third kappa shape index (κ3) is 4.41. The van der Waals surface area contributed by atoms with E-state index in [4.69, 9.17) is 0 Å². The Hall–Kier alpha value is -3.51. The molecule has 0 saturated heterocycles. The fourth-order valence-corrected chi connectivity index (χ4v) is 7.39. The molecule has 10 nitrogen and oxygen atoms in total. The molecule has 1 aliphatic heterocycles. The Bertz CT molecular complexity index is 1510. The number of nitrogens with zero attached hydrogens (tertiary/aromatic N) is 6. The summed E-state index contributed by atoms with van der Waals surface area (Å²) < 4.78 is 27.8. The summed E-state index contributed by atoms with van der Waals surface area (Å²) in [6.45, 7) is 3.00. The molecule has 2 aliphatic rings. The number of aromatic nitrogens is 5. The van der Waals surface area contributed by atoms with Crippen molar-refractivity contribution in [2.75, 3.05) is 6.54 Å². The normalized spacial score (nSPS) is 23.4. The monoisotopic (exact) mass is 534 g/mol. The standard InChI is InChI=1S/C27H30N6O4S/c1-17-10-19-7-3-4-9-25(19)38(36,37)32(14-17)15-18-6-5-8-20(11-18)33-26(23(13-28-33)27(34)35)22-12-21(22)24-16-31(2)30-29-24/h3-9,11,13,16-17,21-22,36-37H,10,12,14-15H2,1-2H3,(H,34,35). The Labute approximate surface area is 222 Å². The fraction of sp³-hybridized carbons (Fsp3) is 0.333. The highest BCUT2D eigenvalue weighted by Crippen LogP contribution is 2.56. The van der Waals surface area contributed by atoms with Crippen LogP contribution < -0.4 is 0 Å². The van der Waals surface area contributed by atoms with Crippen LogP contribution in [-0.2, 0) is 20.0 Å². The van der Waals surface area contributed by atoms with Gasteiger partial charge in [-0.1, -0.05) is 42.5 Å². The Morgan fingerprint density at radius 3 is 2.71 bits per heavy atom. The maximum atomic E-state index is 12.1.